The van der Waals surface area contributed by atoms with Crippen molar-refractivity contribution in [3.05, 3.63) is 81.6 Å². The molecular formula is C28H19F7N4O5S. The second-order valence-corrected chi connectivity index (χ2v) is 10.8. The maximum atomic E-state index is 13.8. The molecule has 17 heteroatoms. The van der Waals surface area contributed by atoms with Crippen molar-refractivity contribution in [2.45, 2.75) is 18.5 Å². The Morgan fingerprint density at radius 2 is 1.69 bits per heavy atom. The summed E-state index contributed by atoms with van der Waals surface area (Å²) in [4.78, 5) is 44.4. The normalized spacial score (nSPS) is 13.8. The van der Waals surface area contributed by atoms with Crippen LogP contribution in [0.4, 0.5) is 42.1 Å². The van der Waals surface area contributed by atoms with Crippen molar-refractivity contribution in [3.63, 3.8) is 0 Å². The first-order chi connectivity index (χ1) is 21.1. The Hall–Kier alpha value is -4.77. The van der Waals surface area contributed by atoms with E-state index in [0.717, 1.165) is 30.5 Å². The minimum atomic E-state index is -5.09. The molecule has 1 aliphatic rings. The third-order valence-corrected chi connectivity index (χ3v) is 7.83. The Balaban J connectivity index is 1.54. The number of hydrogen-bond acceptors (Lipinski definition) is 7. The highest BCUT2D eigenvalue weighted by Gasteiger charge is 2.35. The fraction of sp³-hybridized carbons (Fsp3) is 0.214. The summed E-state index contributed by atoms with van der Waals surface area (Å²) in [7, 11) is 1.18. The molecule has 3 N–H and O–H groups in total. The summed E-state index contributed by atoms with van der Waals surface area (Å²) in [5.74, 6) is -4.51. The number of β-amino-alcohol motifs (C(OH)–C–C–N with tert-alkyl or cyclic N) is 1. The van der Waals surface area contributed by atoms with Gasteiger partial charge in [-0.3, -0.25) is 14.4 Å². The molecule has 2 aromatic carbocycles. The minimum Gasteiger partial charge on any atom is -0.480 e. The smallest absolute Gasteiger partial charge is 0.419 e. The third kappa shape index (κ3) is 6.39. The molecule has 0 aliphatic carbocycles. The van der Waals surface area contributed by atoms with E-state index in [-0.39, 0.29) is 45.9 Å². The Morgan fingerprint density at radius 3 is 2.31 bits per heavy atom. The van der Waals surface area contributed by atoms with Crippen molar-refractivity contribution in [3.8, 4) is 5.88 Å². The number of aromatic nitrogens is 1. The molecule has 0 atom stereocenters. The average Bonchev–Trinajstić information content (AvgIpc) is 3.32. The molecule has 0 unspecified atom stereocenters. The summed E-state index contributed by atoms with van der Waals surface area (Å²) in [6.07, 6.45) is -9.41. The van der Waals surface area contributed by atoms with E-state index in [2.05, 4.69) is 15.6 Å². The second-order valence-electron chi connectivity index (χ2n) is 9.76. The first-order valence-corrected chi connectivity index (χ1v) is 13.5. The van der Waals surface area contributed by atoms with Gasteiger partial charge < -0.3 is 25.4 Å². The van der Waals surface area contributed by atoms with Crippen molar-refractivity contribution in [1.82, 2.24) is 9.88 Å². The van der Waals surface area contributed by atoms with E-state index in [1.54, 1.807) is 0 Å². The molecular weight excluding hydrogens is 637 g/mol. The molecule has 3 amide bonds. The highest BCUT2D eigenvalue weighted by atomic mass is 32.1. The molecule has 1 saturated heterocycles. The molecule has 5 rings (SSSR count). The van der Waals surface area contributed by atoms with E-state index < -0.39 is 63.7 Å². The van der Waals surface area contributed by atoms with Crippen LogP contribution in [-0.4, -0.2) is 59.0 Å². The number of fused-ring (bicyclic) bond motifs is 1. The Morgan fingerprint density at radius 1 is 0.978 bits per heavy atom. The number of halogens is 7. The topological polar surface area (TPSA) is 121 Å². The first kappa shape index (κ1) is 31.6. The van der Waals surface area contributed by atoms with Gasteiger partial charge in [-0.2, -0.15) is 26.3 Å². The number of likely N-dealkylation sites (tertiary alicyclic amines) is 1. The van der Waals surface area contributed by atoms with Crippen molar-refractivity contribution in [2.75, 3.05) is 30.8 Å². The number of thiophene rings is 1. The number of alkyl halides is 6. The molecule has 9 nitrogen and oxygen atoms in total. The van der Waals surface area contributed by atoms with Crippen LogP contribution in [0.2, 0.25) is 0 Å². The van der Waals surface area contributed by atoms with Crippen molar-refractivity contribution in [1.29, 1.82) is 0 Å². The van der Waals surface area contributed by atoms with Gasteiger partial charge in [-0.1, -0.05) is 6.07 Å². The van der Waals surface area contributed by atoms with Gasteiger partial charge in [0, 0.05) is 35.1 Å². The second kappa shape index (κ2) is 11.6. The predicted octanol–water partition coefficient (Wildman–Crippen LogP) is 5.80. The zero-order valence-electron chi connectivity index (χ0n) is 22.6. The molecule has 0 saturated carbocycles. The van der Waals surface area contributed by atoms with Gasteiger partial charge in [-0.05, 0) is 36.4 Å². The fourth-order valence-corrected chi connectivity index (χ4v) is 5.54. The van der Waals surface area contributed by atoms with E-state index in [9.17, 15) is 50.2 Å². The zero-order chi connectivity index (χ0) is 32.8. The number of benzene rings is 2. The summed E-state index contributed by atoms with van der Waals surface area (Å²) < 4.78 is 98.7. The van der Waals surface area contributed by atoms with Crippen LogP contribution in [0.3, 0.4) is 0 Å². The molecule has 236 valence electrons. The lowest BCUT2D eigenvalue weighted by atomic mass is 10.1. The van der Waals surface area contributed by atoms with Crippen LogP contribution >= 0.6 is 11.3 Å². The lowest BCUT2D eigenvalue weighted by molar-refractivity contribution is -0.140. The Bertz CT molecular complexity index is 1830. The number of hydrogen-bond donors (Lipinski definition) is 3. The highest BCUT2D eigenvalue weighted by Crippen LogP contribution is 2.41. The van der Waals surface area contributed by atoms with E-state index >= 15 is 0 Å². The van der Waals surface area contributed by atoms with E-state index in [1.165, 1.54) is 12.0 Å². The number of methoxy groups -OCH3 is 1. The molecule has 1 fully saturated rings. The number of nitrogens with one attached hydrogen (secondary N) is 2. The monoisotopic (exact) mass is 656 g/mol. The van der Waals surface area contributed by atoms with Crippen molar-refractivity contribution in [2.24, 2.45) is 0 Å². The lowest BCUT2D eigenvalue weighted by Crippen LogP contribution is -2.53. The van der Waals surface area contributed by atoms with Crippen LogP contribution < -0.4 is 15.4 Å². The number of amides is 3. The third-order valence-electron chi connectivity index (χ3n) is 6.68. The number of aliphatic hydroxyl groups is 1. The fourth-order valence-electron chi connectivity index (χ4n) is 4.44. The standard InChI is InChI=1S/C28H19F7N4O5S/c1-44-25-17(6-12(9-36-25)26(43)39-10-15(40)11-39)23(41)38-21-16-4-2-13(27(30,31)32)7-20(16)45-22(21)24(42)37-14-3-5-19(29)18(8-14)28(33,34)35/h2-9,15,40H,10-11H2,1H3,(H,37,42)(H,38,41). The van der Waals surface area contributed by atoms with Crippen LogP contribution in [0.25, 0.3) is 10.1 Å². The maximum absolute atomic E-state index is 13.8. The number of carbonyl (C=O) groups is 3. The van der Waals surface area contributed by atoms with E-state index in [0.29, 0.717) is 29.5 Å². The van der Waals surface area contributed by atoms with Gasteiger partial charge in [0.15, 0.2) is 0 Å². The van der Waals surface area contributed by atoms with Gasteiger partial charge in [0.2, 0.25) is 5.88 Å². The van der Waals surface area contributed by atoms with Gasteiger partial charge in [0.05, 0.1) is 35.6 Å². The van der Waals surface area contributed by atoms with Gasteiger partial charge in [-0.25, -0.2) is 9.37 Å². The van der Waals surface area contributed by atoms with Crippen LogP contribution in [0, 0.1) is 5.82 Å². The summed E-state index contributed by atoms with van der Waals surface area (Å²) in [6, 6.07) is 5.27. The SMILES string of the molecule is COc1ncc(C(=O)N2CC(O)C2)cc1C(=O)Nc1c(C(=O)Nc2ccc(F)c(C(F)(F)F)c2)sc2cc(C(F)(F)F)ccc12. The molecule has 0 radical (unpaired) electrons. The molecule has 3 heterocycles. The predicted molar refractivity (Wildman–Crippen MR) is 147 cm³/mol. The number of carbonyl (C=O) groups excluding carboxylic acids is 3. The largest absolute Gasteiger partial charge is 0.480 e. The zero-order valence-corrected chi connectivity index (χ0v) is 23.5. The summed E-state index contributed by atoms with van der Waals surface area (Å²) >= 11 is 0.510. The van der Waals surface area contributed by atoms with Crippen molar-refractivity contribution < 1.29 is 55.0 Å². The van der Waals surface area contributed by atoms with E-state index in [4.69, 9.17) is 4.74 Å². The van der Waals surface area contributed by atoms with Crippen LogP contribution in [0.1, 0.15) is 41.5 Å². The Kier molecular flexibility index (Phi) is 8.18. The van der Waals surface area contributed by atoms with E-state index in [1.807, 2.05) is 0 Å². The lowest BCUT2D eigenvalue weighted by Gasteiger charge is -2.35. The van der Waals surface area contributed by atoms with Crippen molar-refractivity contribution >= 4 is 50.5 Å². The maximum Gasteiger partial charge on any atom is 0.419 e. The quantitative estimate of drug-likeness (QED) is 0.226. The molecule has 2 aromatic heterocycles. The summed E-state index contributed by atoms with van der Waals surface area (Å²) in [5, 5.41) is 14.1. The number of ether oxygens (including phenoxy) is 1. The molecule has 4 aromatic rings. The van der Waals surface area contributed by atoms with Crippen LogP contribution in [0.15, 0.2) is 48.7 Å². The number of rotatable bonds is 6. The van der Waals surface area contributed by atoms with Gasteiger partial charge in [0.25, 0.3) is 17.7 Å². The van der Waals surface area contributed by atoms with Gasteiger partial charge in [-0.15, -0.1) is 11.3 Å². The van der Waals surface area contributed by atoms with Gasteiger partial charge >= 0.3 is 12.4 Å². The molecule has 0 spiro atoms. The number of aliphatic hydroxyl groups excluding tert-OH is 1. The first-order valence-electron chi connectivity index (χ1n) is 12.7. The molecule has 0 bridgehead atoms. The number of anilines is 2. The number of pyridine rings is 1. The van der Waals surface area contributed by atoms with Gasteiger partial charge in [0.1, 0.15) is 16.3 Å². The molecule has 45 heavy (non-hydrogen) atoms. The van der Waals surface area contributed by atoms with Crippen LogP contribution in [0.5, 0.6) is 5.88 Å². The Labute approximate surface area is 252 Å². The summed E-state index contributed by atoms with van der Waals surface area (Å²) in [6.45, 7) is 0.119. The average molecular weight is 657 g/mol. The summed E-state index contributed by atoms with van der Waals surface area (Å²) in [5.41, 5.74) is -3.85. The molecule has 1 aliphatic heterocycles. The number of nitrogens with zero attached hydrogens (tertiary/aromatic N) is 2. The highest BCUT2D eigenvalue weighted by molar-refractivity contribution is 7.21. The minimum absolute atomic E-state index is 0.0182. The van der Waals surface area contributed by atoms with Crippen LogP contribution in [-0.2, 0) is 12.4 Å².